The summed E-state index contributed by atoms with van der Waals surface area (Å²) in [6.07, 6.45) is 0. The summed E-state index contributed by atoms with van der Waals surface area (Å²) in [6, 6.07) is 18.9. The molecule has 0 radical (unpaired) electrons. The Bertz CT molecular complexity index is 1260. The van der Waals surface area contributed by atoms with Crippen LogP contribution >= 0.6 is 0 Å². The van der Waals surface area contributed by atoms with E-state index in [2.05, 4.69) is 4.57 Å². The minimum atomic E-state index is -0.603. The van der Waals surface area contributed by atoms with E-state index in [-0.39, 0.29) is 6.61 Å². The first kappa shape index (κ1) is 19.3. The predicted octanol–water partition coefficient (Wildman–Crippen LogP) is 2.81. The summed E-state index contributed by atoms with van der Waals surface area (Å²) in [5.41, 5.74) is 14.0. The SMILES string of the molecule is COc1cc(OCC(N)=O)c2c3c(C(N)=O)cccc3n(Cc3ccccc3)c2c1. The van der Waals surface area contributed by atoms with Crippen LogP contribution in [0.4, 0.5) is 0 Å². The lowest BCUT2D eigenvalue weighted by Gasteiger charge is -2.11. The van der Waals surface area contributed by atoms with Gasteiger partial charge in [-0.15, -0.1) is 0 Å². The molecule has 0 saturated heterocycles. The van der Waals surface area contributed by atoms with Crippen LogP contribution < -0.4 is 20.9 Å². The molecule has 0 aliphatic rings. The molecule has 30 heavy (non-hydrogen) atoms. The van der Waals surface area contributed by atoms with Crippen molar-refractivity contribution < 1.29 is 19.1 Å². The zero-order valence-electron chi connectivity index (χ0n) is 16.4. The third-order valence-corrected chi connectivity index (χ3v) is 4.98. The molecule has 4 rings (SSSR count). The van der Waals surface area contributed by atoms with Crippen LogP contribution in [0, 0.1) is 0 Å². The number of benzene rings is 3. The maximum Gasteiger partial charge on any atom is 0.255 e. The molecule has 7 heteroatoms. The van der Waals surface area contributed by atoms with Crippen LogP contribution in [0.5, 0.6) is 11.5 Å². The van der Waals surface area contributed by atoms with Gasteiger partial charge in [0.05, 0.1) is 23.5 Å². The summed E-state index contributed by atoms with van der Waals surface area (Å²) in [6.45, 7) is 0.262. The lowest BCUT2D eigenvalue weighted by Crippen LogP contribution is -2.20. The van der Waals surface area contributed by atoms with Crippen molar-refractivity contribution in [1.82, 2.24) is 4.57 Å². The molecular formula is C23H21N3O4. The molecule has 0 unspecified atom stereocenters. The fraction of sp³-hybridized carbons (Fsp3) is 0.130. The monoisotopic (exact) mass is 403 g/mol. The number of nitrogens with zero attached hydrogens (tertiary/aromatic N) is 1. The number of primary amides is 2. The largest absolute Gasteiger partial charge is 0.497 e. The molecule has 0 bridgehead atoms. The Morgan fingerprint density at radius 2 is 1.70 bits per heavy atom. The van der Waals surface area contributed by atoms with Crippen molar-refractivity contribution in [2.45, 2.75) is 6.54 Å². The molecule has 152 valence electrons. The lowest BCUT2D eigenvalue weighted by atomic mass is 10.1. The van der Waals surface area contributed by atoms with Crippen LogP contribution in [0.15, 0.2) is 60.7 Å². The molecule has 0 aliphatic carbocycles. The highest BCUT2D eigenvalue weighted by atomic mass is 16.5. The normalized spacial score (nSPS) is 11.0. The number of rotatable bonds is 7. The van der Waals surface area contributed by atoms with Gasteiger partial charge in [-0.05, 0) is 17.7 Å². The summed E-state index contributed by atoms with van der Waals surface area (Å²) in [4.78, 5) is 23.5. The number of ether oxygens (including phenoxy) is 2. The van der Waals surface area contributed by atoms with Crippen molar-refractivity contribution in [2.75, 3.05) is 13.7 Å². The average Bonchev–Trinajstić information content (AvgIpc) is 3.06. The van der Waals surface area contributed by atoms with Gasteiger partial charge in [0.15, 0.2) is 6.61 Å². The third kappa shape index (κ3) is 3.41. The number of carbonyl (C=O) groups excluding carboxylic acids is 2. The second-order valence-electron chi connectivity index (χ2n) is 6.91. The molecule has 2 amide bonds. The van der Waals surface area contributed by atoms with E-state index < -0.39 is 11.8 Å². The van der Waals surface area contributed by atoms with Gasteiger partial charge in [0, 0.05) is 29.6 Å². The molecule has 3 aromatic carbocycles. The van der Waals surface area contributed by atoms with E-state index in [0.29, 0.717) is 34.4 Å². The van der Waals surface area contributed by atoms with Crippen molar-refractivity contribution in [1.29, 1.82) is 0 Å². The van der Waals surface area contributed by atoms with Crippen LogP contribution in [-0.4, -0.2) is 30.1 Å². The van der Waals surface area contributed by atoms with E-state index in [1.165, 1.54) is 0 Å². The van der Waals surface area contributed by atoms with E-state index in [1.54, 1.807) is 25.3 Å². The number of amides is 2. The quantitative estimate of drug-likeness (QED) is 0.494. The fourth-order valence-corrected chi connectivity index (χ4v) is 3.72. The minimum Gasteiger partial charge on any atom is -0.497 e. The number of fused-ring (bicyclic) bond motifs is 3. The molecule has 4 aromatic rings. The molecule has 0 saturated carbocycles. The number of carbonyl (C=O) groups is 2. The van der Waals surface area contributed by atoms with Gasteiger partial charge in [0.25, 0.3) is 5.91 Å². The van der Waals surface area contributed by atoms with Gasteiger partial charge in [-0.25, -0.2) is 0 Å². The number of nitrogens with two attached hydrogens (primary N) is 2. The number of aromatic nitrogens is 1. The molecule has 0 spiro atoms. The van der Waals surface area contributed by atoms with Crippen molar-refractivity contribution in [3.8, 4) is 11.5 Å². The average molecular weight is 403 g/mol. The van der Waals surface area contributed by atoms with Crippen LogP contribution in [0.3, 0.4) is 0 Å². The van der Waals surface area contributed by atoms with Gasteiger partial charge in [0.2, 0.25) is 5.91 Å². The van der Waals surface area contributed by atoms with Crippen LogP contribution in [0.25, 0.3) is 21.8 Å². The Morgan fingerprint density at radius 1 is 0.933 bits per heavy atom. The molecule has 0 atom stereocenters. The van der Waals surface area contributed by atoms with Crippen molar-refractivity contribution in [3.05, 3.63) is 71.8 Å². The van der Waals surface area contributed by atoms with Gasteiger partial charge < -0.3 is 25.5 Å². The Labute approximate surface area is 172 Å². The third-order valence-electron chi connectivity index (χ3n) is 4.98. The molecule has 1 aromatic heterocycles. The number of hydrogen-bond donors (Lipinski definition) is 2. The summed E-state index contributed by atoms with van der Waals surface area (Å²) in [7, 11) is 1.55. The fourth-order valence-electron chi connectivity index (χ4n) is 3.72. The maximum absolute atomic E-state index is 12.2. The first-order chi connectivity index (χ1) is 14.5. The molecule has 4 N–H and O–H groups in total. The zero-order chi connectivity index (χ0) is 21.3. The summed E-state index contributed by atoms with van der Waals surface area (Å²) < 4.78 is 13.2. The van der Waals surface area contributed by atoms with E-state index in [1.807, 2.05) is 42.5 Å². The predicted molar refractivity (Wildman–Crippen MR) is 115 cm³/mol. The Kier molecular flexibility index (Phi) is 5.02. The first-order valence-electron chi connectivity index (χ1n) is 9.37. The first-order valence-corrected chi connectivity index (χ1v) is 9.37. The number of hydrogen-bond acceptors (Lipinski definition) is 4. The smallest absolute Gasteiger partial charge is 0.255 e. The molecule has 0 aliphatic heterocycles. The van der Waals surface area contributed by atoms with Crippen molar-refractivity contribution >= 4 is 33.6 Å². The van der Waals surface area contributed by atoms with Gasteiger partial charge >= 0.3 is 0 Å². The second-order valence-corrected chi connectivity index (χ2v) is 6.91. The van der Waals surface area contributed by atoms with Gasteiger partial charge in [-0.3, -0.25) is 9.59 Å². The second kappa shape index (κ2) is 7.79. The highest BCUT2D eigenvalue weighted by Gasteiger charge is 2.21. The minimum absolute atomic E-state index is 0.299. The molecule has 1 heterocycles. The Hall–Kier alpha value is -4.00. The van der Waals surface area contributed by atoms with E-state index in [0.717, 1.165) is 16.6 Å². The summed E-state index contributed by atoms with van der Waals surface area (Å²) in [5, 5.41) is 1.34. The van der Waals surface area contributed by atoms with E-state index in [9.17, 15) is 9.59 Å². The standard InChI is InChI=1S/C23H21N3O4/c1-29-15-10-18-22(19(11-15)30-13-20(24)27)21-16(23(25)28)8-5-9-17(21)26(18)12-14-6-3-2-4-7-14/h2-11H,12-13H2,1H3,(H2,24,27)(H2,25,28). The zero-order valence-corrected chi connectivity index (χ0v) is 16.4. The van der Waals surface area contributed by atoms with Gasteiger partial charge in [-0.1, -0.05) is 36.4 Å². The van der Waals surface area contributed by atoms with Crippen LogP contribution in [0.2, 0.25) is 0 Å². The van der Waals surface area contributed by atoms with E-state index in [4.69, 9.17) is 20.9 Å². The highest BCUT2D eigenvalue weighted by molar-refractivity contribution is 6.20. The topological polar surface area (TPSA) is 110 Å². The molecule has 7 nitrogen and oxygen atoms in total. The van der Waals surface area contributed by atoms with Crippen molar-refractivity contribution in [2.24, 2.45) is 11.5 Å². The Morgan fingerprint density at radius 3 is 2.37 bits per heavy atom. The van der Waals surface area contributed by atoms with Gasteiger partial charge in [0.1, 0.15) is 11.5 Å². The molecule has 0 fully saturated rings. The lowest BCUT2D eigenvalue weighted by molar-refractivity contribution is -0.119. The van der Waals surface area contributed by atoms with Crippen molar-refractivity contribution in [3.63, 3.8) is 0 Å². The summed E-state index contributed by atoms with van der Waals surface area (Å²) in [5.74, 6) is -0.196. The molecular weight excluding hydrogens is 382 g/mol. The Balaban J connectivity index is 2.08. The highest BCUT2D eigenvalue weighted by Crippen LogP contribution is 2.40. The van der Waals surface area contributed by atoms with Crippen LogP contribution in [0.1, 0.15) is 15.9 Å². The van der Waals surface area contributed by atoms with Gasteiger partial charge in [-0.2, -0.15) is 0 Å². The number of methoxy groups -OCH3 is 1. The maximum atomic E-state index is 12.2. The van der Waals surface area contributed by atoms with E-state index >= 15 is 0 Å². The van der Waals surface area contributed by atoms with Crippen LogP contribution in [-0.2, 0) is 11.3 Å². The summed E-state index contributed by atoms with van der Waals surface area (Å²) >= 11 is 0.